The second kappa shape index (κ2) is 11.8. The molecule has 1 N–H and O–H groups in total. The number of nitrogens with one attached hydrogen (secondary N) is 1. The van der Waals surface area contributed by atoms with Gasteiger partial charge in [-0.1, -0.05) is 23.7 Å². The molecular weight excluding hydrogens is 538 g/mol. The van der Waals surface area contributed by atoms with Crippen LogP contribution in [-0.4, -0.2) is 72.8 Å². The quantitative estimate of drug-likeness (QED) is 0.315. The SMILES string of the molecule is CCOC(=O)OC(C)n1nnc(-c2c(-c3ccc(C(=O)N(c4ncccc4Cl)C4CCNC4)cc3)cnn2C)n1. The molecule has 0 aliphatic carbocycles. The van der Waals surface area contributed by atoms with Crippen molar-refractivity contribution < 1.29 is 19.1 Å². The maximum absolute atomic E-state index is 13.7. The van der Waals surface area contributed by atoms with Gasteiger partial charge in [-0.25, -0.2) is 9.78 Å². The number of anilines is 1. The summed E-state index contributed by atoms with van der Waals surface area (Å²) in [4.78, 5) is 32.6. The molecule has 1 fully saturated rings. The van der Waals surface area contributed by atoms with Gasteiger partial charge in [-0.15, -0.1) is 15.0 Å². The second-order valence-electron chi connectivity index (χ2n) is 9.07. The van der Waals surface area contributed by atoms with Crippen LogP contribution in [0.25, 0.3) is 22.6 Å². The Balaban J connectivity index is 1.40. The van der Waals surface area contributed by atoms with E-state index in [0.29, 0.717) is 34.5 Å². The largest absolute Gasteiger partial charge is 0.510 e. The van der Waals surface area contributed by atoms with Gasteiger partial charge in [0.1, 0.15) is 5.69 Å². The van der Waals surface area contributed by atoms with Crippen LogP contribution in [0.15, 0.2) is 48.8 Å². The second-order valence-corrected chi connectivity index (χ2v) is 9.48. The molecule has 0 spiro atoms. The fourth-order valence-electron chi connectivity index (χ4n) is 4.51. The Morgan fingerprint density at radius 2 is 2.05 bits per heavy atom. The Labute approximate surface area is 235 Å². The van der Waals surface area contributed by atoms with Crippen molar-refractivity contribution in [1.29, 1.82) is 0 Å². The number of aryl methyl sites for hydroxylation is 1. The normalized spacial score (nSPS) is 15.6. The fraction of sp³-hybridized carbons (Fsp3) is 0.346. The van der Waals surface area contributed by atoms with E-state index < -0.39 is 12.4 Å². The third-order valence-electron chi connectivity index (χ3n) is 6.46. The third kappa shape index (κ3) is 5.51. The van der Waals surface area contributed by atoms with Crippen molar-refractivity contribution in [3.05, 3.63) is 59.4 Å². The number of hydrogen-bond donors (Lipinski definition) is 1. The molecule has 208 valence electrons. The van der Waals surface area contributed by atoms with E-state index in [1.807, 2.05) is 12.1 Å². The predicted molar refractivity (Wildman–Crippen MR) is 146 cm³/mol. The van der Waals surface area contributed by atoms with Crippen molar-refractivity contribution in [1.82, 2.24) is 40.3 Å². The standard InChI is InChI=1S/C26H28ClN9O4/c1-4-39-26(38)40-16(2)36-32-23(31-33-36)22-20(15-30-34(22)3)17-7-9-18(10-8-17)25(37)35(19-11-13-28-14-19)24-21(27)6-5-12-29-24/h5-10,12,15-16,19,28H,4,11,13-14H2,1-3H3. The molecule has 5 rings (SSSR count). The van der Waals surface area contributed by atoms with Crippen LogP contribution in [0.1, 0.15) is 36.9 Å². The van der Waals surface area contributed by atoms with Gasteiger partial charge in [0.15, 0.2) is 5.82 Å². The van der Waals surface area contributed by atoms with E-state index in [9.17, 15) is 9.59 Å². The number of carbonyl (C=O) groups excluding carboxylic acids is 2. The van der Waals surface area contributed by atoms with Gasteiger partial charge < -0.3 is 14.8 Å². The molecule has 14 heteroatoms. The summed E-state index contributed by atoms with van der Waals surface area (Å²) in [5, 5.41) is 20.6. The van der Waals surface area contributed by atoms with E-state index in [1.54, 1.807) is 67.1 Å². The number of carbonyl (C=O) groups is 2. The molecule has 3 aromatic heterocycles. The lowest BCUT2D eigenvalue weighted by Crippen LogP contribution is -2.42. The molecule has 1 saturated heterocycles. The Morgan fingerprint density at radius 3 is 2.75 bits per heavy atom. The van der Waals surface area contributed by atoms with Crippen LogP contribution in [0.4, 0.5) is 10.6 Å². The van der Waals surface area contributed by atoms with Crippen LogP contribution < -0.4 is 10.2 Å². The summed E-state index contributed by atoms with van der Waals surface area (Å²) in [5.41, 5.74) is 2.64. The first-order valence-corrected chi connectivity index (χ1v) is 13.2. The molecule has 2 atom stereocenters. The summed E-state index contributed by atoms with van der Waals surface area (Å²) in [6.07, 6.45) is 2.47. The van der Waals surface area contributed by atoms with Gasteiger partial charge in [0.2, 0.25) is 12.1 Å². The highest BCUT2D eigenvalue weighted by Gasteiger charge is 2.31. The maximum Gasteiger partial charge on any atom is 0.510 e. The van der Waals surface area contributed by atoms with E-state index in [0.717, 1.165) is 24.1 Å². The monoisotopic (exact) mass is 565 g/mol. The average molecular weight is 566 g/mol. The predicted octanol–water partition coefficient (Wildman–Crippen LogP) is 3.49. The lowest BCUT2D eigenvalue weighted by molar-refractivity contribution is -0.00514. The van der Waals surface area contributed by atoms with Gasteiger partial charge in [-0.2, -0.15) is 5.10 Å². The molecule has 1 aliphatic heterocycles. The first-order valence-electron chi connectivity index (χ1n) is 12.8. The summed E-state index contributed by atoms with van der Waals surface area (Å²) in [6, 6.07) is 10.6. The number of pyridine rings is 1. The fourth-order valence-corrected chi connectivity index (χ4v) is 4.72. The number of aromatic nitrogens is 7. The molecule has 40 heavy (non-hydrogen) atoms. The van der Waals surface area contributed by atoms with Crippen LogP contribution >= 0.6 is 11.6 Å². The topological polar surface area (TPSA) is 142 Å². The molecule has 2 unspecified atom stereocenters. The van der Waals surface area contributed by atoms with E-state index in [4.69, 9.17) is 21.1 Å². The highest BCUT2D eigenvalue weighted by molar-refractivity contribution is 6.33. The van der Waals surface area contributed by atoms with Crippen LogP contribution in [0, 0.1) is 0 Å². The van der Waals surface area contributed by atoms with Crippen LogP contribution in [-0.2, 0) is 16.5 Å². The number of ether oxygens (including phenoxy) is 2. The van der Waals surface area contributed by atoms with Crippen molar-refractivity contribution in [2.24, 2.45) is 7.05 Å². The third-order valence-corrected chi connectivity index (χ3v) is 6.76. The highest BCUT2D eigenvalue weighted by atomic mass is 35.5. The highest BCUT2D eigenvalue weighted by Crippen LogP contribution is 2.31. The molecule has 1 amide bonds. The van der Waals surface area contributed by atoms with Crippen LogP contribution in [0.3, 0.4) is 0 Å². The first kappa shape index (κ1) is 27.2. The van der Waals surface area contributed by atoms with E-state index in [-0.39, 0.29) is 18.6 Å². The Hall–Kier alpha value is -4.36. The molecule has 4 heterocycles. The smallest absolute Gasteiger partial charge is 0.435 e. The number of amides is 1. The van der Waals surface area contributed by atoms with Crippen molar-refractivity contribution in [3.8, 4) is 22.6 Å². The van der Waals surface area contributed by atoms with Crippen molar-refractivity contribution in [2.75, 3.05) is 24.6 Å². The van der Waals surface area contributed by atoms with Gasteiger partial charge in [0.25, 0.3) is 5.91 Å². The molecule has 1 aliphatic rings. The van der Waals surface area contributed by atoms with Crippen molar-refractivity contribution in [2.45, 2.75) is 32.5 Å². The Kier molecular flexibility index (Phi) is 8.03. The molecule has 0 bridgehead atoms. The first-order chi connectivity index (χ1) is 19.4. The lowest BCUT2D eigenvalue weighted by Gasteiger charge is -2.28. The Bertz CT molecular complexity index is 1500. The molecule has 4 aromatic rings. The number of benzene rings is 1. The molecule has 13 nitrogen and oxygen atoms in total. The van der Waals surface area contributed by atoms with E-state index in [1.165, 1.54) is 4.80 Å². The number of halogens is 1. The van der Waals surface area contributed by atoms with Crippen LogP contribution in [0.2, 0.25) is 5.02 Å². The molecule has 0 radical (unpaired) electrons. The Morgan fingerprint density at radius 1 is 1.25 bits per heavy atom. The maximum atomic E-state index is 13.7. The van der Waals surface area contributed by atoms with Gasteiger partial charge in [0.05, 0.1) is 23.9 Å². The number of tetrazole rings is 1. The van der Waals surface area contributed by atoms with Gasteiger partial charge in [-0.3, -0.25) is 14.4 Å². The minimum atomic E-state index is -0.826. The van der Waals surface area contributed by atoms with E-state index in [2.05, 4.69) is 30.8 Å². The lowest BCUT2D eigenvalue weighted by atomic mass is 10.0. The van der Waals surface area contributed by atoms with Gasteiger partial charge in [-0.05, 0) is 61.9 Å². The van der Waals surface area contributed by atoms with E-state index >= 15 is 0 Å². The summed E-state index contributed by atoms with van der Waals surface area (Å²) in [6.45, 7) is 4.95. The number of hydrogen-bond acceptors (Lipinski definition) is 10. The minimum absolute atomic E-state index is 0.0617. The summed E-state index contributed by atoms with van der Waals surface area (Å²) in [5.74, 6) is 0.545. The number of rotatable bonds is 8. The van der Waals surface area contributed by atoms with Gasteiger partial charge >= 0.3 is 6.16 Å². The average Bonchev–Trinajstić information content (AvgIpc) is 3.72. The van der Waals surface area contributed by atoms with Crippen molar-refractivity contribution in [3.63, 3.8) is 0 Å². The van der Waals surface area contributed by atoms with Crippen LogP contribution in [0.5, 0.6) is 0 Å². The number of nitrogens with zero attached hydrogens (tertiary/aromatic N) is 8. The minimum Gasteiger partial charge on any atom is -0.435 e. The molecular formula is C26H28ClN9O4. The zero-order valence-corrected chi connectivity index (χ0v) is 22.9. The summed E-state index contributed by atoms with van der Waals surface area (Å²) < 4.78 is 11.6. The molecule has 0 saturated carbocycles. The van der Waals surface area contributed by atoms with Gasteiger partial charge in [0, 0.05) is 30.9 Å². The summed E-state index contributed by atoms with van der Waals surface area (Å²) >= 11 is 6.44. The zero-order chi connectivity index (χ0) is 28.2. The summed E-state index contributed by atoms with van der Waals surface area (Å²) in [7, 11) is 1.76. The van der Waals surface area contributed by atoms with Crippen molar-refractivity contribution >= 4 is 29.5 Å². The molecule has 1 aromatic carbocycles. The zero-order valence-electron chi connectivity index (χ0n) is 22.2.